The van der Waals surface area contributed by atoms with Gasteiger partial charge in [-0.05, 0) is 19.1 Å². The summed E-state index contributed by atoms with van der Waals surface area (Å²) in [5.41, 5.74) is 1.80. The van der Waals surface area contributed by atoms with E-state index in [2.05, 4.69) is 10.2 Å². The van der Waals surface area contributed by atoms with Crippen molar-refractivity contribution >= 4 is 11.6 Å². The number of aromatic nitrogens is 2. The molecular formula is C13H14N4O3. The topological polar surface area (TPSA) is 92.1 Å². The minimum Gasteiger partial charge on any atom is -0.337 e. The maximum atomic E-state index is 12.2. The molecule has 0 saturated heterocycles. The molecule has 0 radical (unpaired) electrons. The SMILES string of the molecule is Cc1cc(C(=O)N(C)Cc2cn[nH]c2)ccc1[N+](=O)[O-]. The van der Waals surface area contributed by atoms with Crippen molar-refractivity contribution in [3.8, 4) is 0 Å². The highest BCUT2D eigenvalue weighted by Crippen LogP contribution is 2.19. The Bertz CT molecular complexity index is 637. The average Bonchev–Trinajstić information content (AvgIpc) is 2.90. The molecule has 104 valence electrons. The zero-order valence-electron chi connectivity index (χ0n) is 11.2. The van der Waals surface area contributed by atoms with Crippen molar-refractivity contribution in [2.75, 3.05) is 7.05 Å². The molecule has 1 aromatic carbocycles. The molecule has 0 bridgehead atoms. The molecule has 2 rings (SSSR count). The van der Waals surface area contributed by atoms with E-state index >= 15 is 0 Å². The van der Waals surface area contributed by atoms with Crippen molar-refractivity contribution in [3.05, 3.63) is 57.4 Å². The molecule has 1 amide bonds. The molecule has 7 nitrogen and oxygen atoms in total. The number of rotatable bonds is 4. The van der Waals surface area contributed by atoms with Crippen molar-refractivity contribution < 1.29 is 9.72 Å². The van der Waals surface area contributed by atoms with Gasteiger partial charge in [-0.1, -0.05) is 0 Å². The zero-order valence-corrected chi connectivity index (χ0v) is 11.2. The van der Waals surface area contributed by atoms with E-state index in [1.165, 1.54) is 23.1 Å². The van der Waals surface area contributed by atoms with Gasteiger partial charge >= 0.3 is 0 Å². The van der Waals surface area contributed by atoms with Gasteiger partial charge in [0.1, 0.15) is 0 Å². The molecule has 0 saturated carbocycles. The number of hydrogen-bond donors (Lipinski definition) is 1. The van der Waals surface area contributed by atoms with Crippen molar-refractivity contribution in [3.63, 3.8) is 0 Å². The van der Waals surface area contributed by atoms with Crippen LogP contribution in [-0.4, -0.2) is 33.0 Å². The summed E-state index contributed by atoms with van der Waals surface area (Å²) in [4.78, 5) is 24.1. The maximum absolute atomic E-state index is 12.2. The van der Waals surface area contributed by atoms with Gasteiger partial charge in [-0.3, -0.25) is 20.0 Å². The molecule has 0 atom stereocenters. The second-order valence-electron chi connectivity index (χ2n) is 4.53. The Balaban J connectivity index is 2.16. The molecule has 1 N–H and O–H groups in total. The van der Waals surface area contributed by atoms with Gasteiger partial charge in [-0.15, -0.1) is 0 Å². The minimum atomic E-state index is -0.460. The number of aromatic amines is 1. The molecule has 2 aromatic rings. The van der Waals surface area contributed by atoms with E-state index in [-0.39, 0.29) is 11.6 Å². The average molecular weight is 274 g/mol. The van der Waals surface area contributed by atoms with Crippen LogP contribution in [0.2, 0.25) is 0 Å². The Labute approximate surface area is 115 Å². The van der Waals surface area contributed by atoms with E-state index in [0.717, 1.165) is 5.56 Å². The number of nitrogens with zero attached hydrogens (tertiary/aromatic N) is 3. The number of aryl methyl sites for hydroxylation is 1. The molecule has 0 unspecified atom stereocenters. The lowest BCUT2D eigenvalue weighted by molar-refractivity contribution is -0.385. The van der Waals surface area contributed by atoms with Crippen molar-refractivity contribution in [2.45, 2.75) is 13.5 Å². The number of carbonyl (C=O) groups is 1. The number of nitrogens with one attached hydrogen (secondary N) is 1. The Morgan fingerprint density at radius 2 is 2.25 bits per heavy atom. The standard InChI is InChI=1S/C13H14N4O3/c1-9-5-11(3-4-12(9)17(19)20)13(18)16(2)8-10-6-14-15-7-10/h3-7H,8H2,1-2H3,(H,14,15). The van der Waals surface area contributed by atoms with Crippen LogP contribution in [0.1, 0.15) is 21.5 Å². The highest BCUT2D eigenvalue weighted by Gasteiger charge is 2.16. The summed E-state index contributed by atoms with van der Waals surface area (Å²) < 4.78 is 0. The number of carbonyl (C=O) groups excluding carboxylic acids is 1. The normalized spacial score (nSPS) is 10.3. The Morgan fingerprint density at radius 3 is 2.80 bits per heavy atom. The van der Waals surface area contributed by atoms with Crippen molar-refractivity contribution in [1.82, 2.24) is 15.1 Å². The summed E-state index contributed by atoms with van der Waals surface area (Å²) in [5, 5.41) is 17.2. The fourth-order valence-corrected chi connectivity index (χ4v) is 1.92. The summed E-state index contributed by atoms with van der Waals surface area (Å²) in [5.74, 6) is -0.191. The maximum Gasteiger partial charge on any atom is 0.272 e. The monoisotopic (exact) mass is 274 g/mol. The molecular weight excluding hydrogens is 260 g/mol. The highest BCUT2D eigenvalue weighted by molar-refractivity contribution is 5.94. The zero-order chi connectivity index (χ0) is 14.7. The predicted octanol–water partition coefficient (Wildman–Crippen LogP) is 1.90. The first-order valence-corrected chi connectivity index (χ1v) is 5.97. The lowest BCUT2D eigenvalue weighted by Crippen LogP contribution is -2.26. The van der Waals surface area contributed by atoms with Gasteiger partial charge in [0.25, 0.3) is 11.6 Å². The fourth-order valence-electron chi connectivity index (χ4n) is 1.92. The molecule has 20 heavy (non-hydrogen) atoms. The number of nitro benzene ring substituents is 1. The van der Waals surface area contributed by atoms with Crippen LogP contribution in [0.25, 0.3) is 0 Å². The number of nitro groups is 1. The Kier molecular flexibility index (Phi) is 3.79. The van der Waals surface area contributed by atoms with Gasteiger partial charge in [0.2, 0.25) is 0 Å². The van der Waals surface area contributed by atoms with E-state index in [1.807, 2.05) is 0 Å². The molecule has 0 aliphatic rings. The molecule has 0 fully saturated rings. The number of amides is 1. The second kappa shape index (κ2) is 5.52. The highest BCUT2D eigenvalue weighted by atomic mass is 16.6. The fraction of sp³-hybridized carbons (Fsp3) is 0.231. The largest absolute Gasteiger partial charge is 0.337 e. The third-order valence-corrected chi connectivity index (χ3v) is 2.96. The summed E-state index contributed by atoms with van der Waals surface area (Å²) in [6, 6.07) is 4.36. The van der Waals surface area contributed by atoms with Crippen molar-refractivity contribution in [1.29, 1.82) is 0 Å². The van der Waals surface area contributed by atoms with Gasteiger partial charge in [0.05, 0.1) is 11.1 Å². The molecule has 0 aliphatic carbocycles. The smallest absolute Gasteiger partial charge is 0.272 e. The first kappa shape index (κ1) is 13.7. The Morgan fingerprint density at radius 1 is 1.50 bits per heavy atom. The lowest BCUT2D eigenvalue weighted by Gasteiger charge is -2.16. The Hall–Kier alpha value is -2.70. The molecule has 7 heteroatoms. The molecule has 1 heterocycles. The van der Waals surface area contributed by atoms with Crippen LogP contribution in [0.5, 0.6) is 0 Å². The first-order valence-electron chi connectivity index (χ1n) is 5.97. The molecule has 1 aromatic heterocycles. The van der Waals surface area contributed by atoms with Crippen LogP contribution >= 0.6 is 0 Å². The van der Waals surface area contributed by atoms with Gasteiger partial charge in [-0.25, -0.2) is 0 Å². The van der Waals surface area contributed by atoms with Crippen LogP contribution in [0.3, 0.4) is 0 Å². The van der Waals surface area contributed by atoms with E-state index in [1.54, 1.807) is 26.4 Å². The van der Waals surface area contributed by atoms with E-state index in [0.29, 0.717) is 17.7 Å². The first-order chi connectivity index (χ1) is 9.49. The van der Waals surface area contributed by atoms with Gasteiger partial charge in [0.15, 0.2) is 0 Å². The summed E-state index contributed by atoms with van der Waals surface area (Å²) in [7, 11) is 1.67. The summed E-state index contributed by atoms with van der Waals surface area (Å²) in [6.45, 7) is 2.04. The van der Waals surface area contributed by atoms with Gasteiger partial charge < -0.3 is 4.90 Å². The third kappa shape index (κ3) is 2.82. The van der Waals surface area contributed by atoms with Gasteiger partial charge in [0, 0.05) is 42.5 Å². The number of benzene rings is 1. The van der Waals surface area contributed by atoms with E-state index < -0.39 is 4.92 Å². The van der Waals surface area contributed by atoms with Crippen LogP contribution in [0, 0.1) is 17.0 Å². The lowest BCUT2D eigenvalue weighted by atomic mass is 10.1. The van der Waals surface area contributed by atoms with Crippen LogP contribution in [0.4, 0.5) is 5.69 Å². The van der Waals surface area contributed by atoms with Crippen LogP contribution < -0.4 is 0 Å². The quantitative estimate of drug-likeness (QED) is 0.680. The second-order valence-corrected chi connectivity index (χ2v) is 4.53. The number of H-pyrrole nitrogens is 1. The predicted molar refractivity (Wildman–Crippen MR) is 72.2 cm³/mol. The third-order valence-electron chi connectivity index (χ3n) is 2.96. The molecule has 0 spiro atoms. The van der Waals surface area contributed by atoms with E-state index in [9.17, 15) is 14.9 Å². The van der Waals surface area contributed by atoms with E-state index in [4.69, 9.17) is 0 Å². The minimum absolute atomic E-state index is 0.0130. The van der Waals surface area contributed by atoms with Crippen LogP contribution in [0.15, 0.2) is 30.6 Å². The van der Waals surface area contributed by atoms with Crippen LogP contribution in [-0.2, 0) is 6.54 Å². The van der Waals surface area contributed by atoms with Crippen molar-refractivity contribution in [2.24, 2.45) is 0 Å². The summed E-state index contributed by atoms with van der Waals surface area (Å²) in [6.07, 6.45) is 3.36. The number of hydrogen-bond acceptors (Lipinski definition) is 4. The summed E-state index contributed by atoms with van der Waals surface area (Å²) >= 11 is 0. The van der Waals surface area contributed by atoms with Gasteiger partial charge in [-0.2, -0.15) is 5.10 Å². The molecule has 0 aliphatic heterocycles.